The maximum atomic E-state index is 6.24. The molecule has 2 aromatic carbocycles. The van der Waals surface area contributed by atoms with Gasteiger partial charge in [0.25, 0.3) is 0 Å². The first-order chi connectivity index (χ1) is 18.0. The summed E-state index contributed by atoms with van der Waals surface area (Å²) in [4.78, 5) is 17.4. The van der Waals surface area contributed by atoms with Gasteiger partial charge in [-0.3, -0.25) is 4.98 Å². The van der Waals surface area contributed by atoms with Crippen LogP contribution in [-0.4, -0.2) is 19.9 Å². The molecule has 0 amide bonds. The van der Waals surface area contributed by atoms with Gasteiger partial charge in [0.2, 0.25) is 0 Å². The highest BCUT2D eigenvalue weighted by atomic mass is 35.5. The van der Waals surface area contributed by atoms with Crippen molar-refractivity contribution in [3.8, 4) is 0 Å². The van der Waals surface area contributed by atoms with Gasteiger partial charge in [-0.15, -0.1) is 0 Å². The van der Waals surface area contributed by atoms with E-state index in [1.165, 1.54) is 16.7 Å². The summed E-state index contributed by atoms with van der Waals surface area (Å²) >= 11 is 6.24. The van der Waals surface area contributed by atoms with Crippen molar-refractivity contribution in [2.75, 3.05) is 16.4 Å². The second-order valence-corrected chi connectivity index (χ2v) is 9.42. The summed E-state index contributed by atoms with van der Waals surface area (Å²) in [7, 11) is 0. The minimum atomic E-state index is 0.557. The third-order valence-corrected chi connectivity index (χ3v) is 6.87. The fourth-order valence-corrected chi connectivity index (χ4v) is 4.63. The number of pyridine rings is 2. The van der Waals surface area contributed by atoms with E-state index in [1.807, 2.05) is 24.3 Å². The fraction of sp³-hybridized carbons (Fsp3) is 0.172. The molecule has 0 saturated carbocycles. The number of nitrogens with zero attached hydrogens (tertiary/aromatic N) is 4. The molecule has 3 aromatic heterocycles. The molecule has 8 heteroatoms. The highest BCUT2D eigenvalue weighted by Crippen LogP contribution is 2.28. The van der Waals surface area contributed by atoms with Crippen LogP contribution in [0.1, 0.15) is 33.5 Å². The normalized spacial score (nSPS) is 11.0. The van der Waals surface area contributed by atoms with Gasteiger partial charge in [0.1, 0.15) is 23.8 Å². The molecule has 0 aliphatic carbocycles. The van der Waals surface area contributed by atoms with E-state index in [0.717, 1.165) is 39.2 Å². The van der Waals surface area contributed by atoms with E-state index >= 15 is 0 Å². The topological polar surface area (TPSA) is 102 Å². The van der Waals surface area contributed by atoms with Crippen LogP contribution in [0.2, 0.25) is 5.02 Å². The first-order valence-electron chi connectivity index (χ1n) is 12.1. The van der Waals surface area contributed by atoms with Gasteiger partial charge < -0.3 is 16.4 Å². The van der Waals surface area contributed by atoms with Gasteiger partial charge >= 0.3 is 0 Å². The van der Waals surface area contributed by atoms with Crippen LogP contribution < -0.4 is 16.4 Å². The number of aryl methyl sites for hydroxylation is 2. The Morgan fingerprint density at radius 2 is 1.51 bits per heavy atom. The minimum Gasteiger partial charge on any atom is -0.383 e. The van der Waals surface area contributed by atoms with Crippen molar-refractivity contribution in [2.45, 2.75) is 33.4 Å². The first kappa shape index (κ1) is 24.5. The van der Waals surface area contributed by atoms with Gasteiger partial charge in [0.05, 0.1) is 10.7 Å². The fourth-order valence-electron chi connectivity index (χ4n) is 4.44. The molecule has 37 heavy (non-hydrogen) atoms. The highest BCUT2D eigenvalue weighted by molar-refractivity contribution is 6.31. The molecule has 0 radical (unpaired) electrons. The second kappa shape index (κ2) is 10.8. The summed E-state index contributed by atoms with van der Waals surface area (Å²) in [5.74, 6) is 2.07. The molecule has 4 N–H and O–H groups in total. The van der Waals surface area contributed by atoms with Gasteiger partial charge in [-0.2, -0.15) is 0 Å². The number of hydrogen-bond donors (Lipinski definition) is 3. The lowest BCUT2D eigenvalue weighted by atomic mass is 9.96. The van der Waals surface area contributed by atoms with Gasteiger partial charge in [-0.25, -0.2) is 15.0 Å². The van der Waals surface area contributed by atoms with Crippen molar-refractivity contribution in [1.82, 2.24) is 19.9 Å². The lowest BCUT2D eigenvalue weighted by Crippen LogP contribution is -2.08. The van der Waals surface area contributed by atoms with E-state index in [2.05, 4.69) is 74.7 Å². The molecular weight excluding hydrogens is 482 g/mol. The predicted molar refractivity (Wildman–Crippen MR) is 151 cm³/mol. The monoisotopic (exact) mass is 509 g/mol. The second-order valence-electron chi connectivity index (χ2n) is 9.01. The molecule has 0 fully saturated rings. The van der Waals surface area contributed by atoms with Crippen molar-refractivity contribution >= 4 is 39.8 Å². The number of halogens is 1. The van der Waals surface area contributed by atoms with Crippen LogP contribution in [0.5, 0.6) is 0 Å². The van der Waals surface area contributed by atoms with Crippen molar-refractivity contribution in [3.63, 3.8) is 0 Å². The summed E-state index contributed by atoms with van der Waals surface area (Å²) in [5, 5.41) is 9.62. The summed E-state index contributed by atoms with van der Waals surface area (Å²) < 4.78 is 0. The van der Waals surface area contributed by atoms with Gasteiger partial charge in [0.15, 0.2) is 0 Å². The Bertz CT molecular complexity index is 1550. The number of nitrogen functional groups attached to an aromatic ring is 1. The number of rotatable bonds is 8. The van der Waals surface area contributed by atoms with Crippen LogP contribution in [-0.2, 0) is 19.5 Å². The Morgan fingerprint density at radius 1 is 0.784 bits per heavy atom. The average molecular weight is 510 g/mol. The number of fused-ring (bicyclic) bond motifs is 1. The van der Waals surface area contributed by atoms with E-state index < -0.39 is 0 Å². The summed E-state index contributed by atoms with van der Waals surface area (Å²) in [6.07, 6.45) is 5.79. The zero-order chi connectivity index (χ0) is 25.8. The van der Waals surface area contributed by atoms with Crippen molar-refractivity contribution in [3.05, 3.63) is 112 Å². The molecule has 0 spiro atoms. The largest absolute Gasteiger partial charge is 0.383 e. The van der Waals surface area contributed by atoms with E-state index in [-0.39, 0.29) is 0 Å². The molecule has 7 nitrogen and oxygen atoms in total. The Labute approximate surface area is 221 Å². The SMILES string of the molecule is Cc1cc2c(N)nccc2c(C)c1CNc1cc(NCc2ccc(Cc3ncccc3Cl)cc2)ncn1. The minimum absolute atomic E-state index is 0.557. The van der Waals surface area contributed by atoms with Crippen LogP contribution in [0.4, 0.5) is 17.5 Å². The zero-order valence-electron chi connectivity index (χ0n) is 20.8. The maximum absolute atomic E-state index is 6.24. The molecule has 5 aromatic rings. The first-order valence-corrected chi connectivity index (χ1v) is 12.5. The molecule has 3 heterocycles. The van der Waals surface area contributed by atoms with Crippen molar-refractivity contribution in [1.29, 1.82) is 0 Å². The predicted octanol–water partition coefficient (Wildman–Crippen LogP) is 6.09. The van der Waals surface area contributed by atoms with E-state index in [9.17, 15) is 0 Å². The number of benzene rings is 2. The standard InChI is InChI=1S/C29H28ClN7/c1-18-12-23-22(9-11-33-29(23)31)19(2)24(18)16-35-28-14-27(36-17-37-28)34-15-21-7-5-20(6-8-21)13-26-25(30)4-3-10-32-26/h3-12,14,17H,13,15-16H2,1-2H3,(H2,31,33)(H2,34,35,36,37). The molecule has 0 aliphatic heterocycles. The van der Waals surface area contributed by atoms with E-state index in [0.29, 0.717) is 30.4 Å². The van der Waals surface area contributed by atoms with Crippen LogP contribution in [0.15, 0.2) is 73.3 Å². The Kier molecular flexibility index (Phi) is 7.14. The highest BCUT2D eigenvalue weighted by Gasteiger charge is 2.11. The number of anilines is 3. The molecule has 0 atom stereocenters. The molecule has 0 saturated heterocycles. The number of nitrogens with two attached hydrogens (primary N) is 1. The molecule has 0 bridgehead atoms. The zero-order valence-corrected chi connectivity index (χ0v) is 21.5. The molecule has 0 unspecified atom stereocenters. The molecule has 0 aliphatic rings. The summed E-state index contributed by atoms with van der Waals surface area (Å²) in [6, 6.07) is 18.2. The summed E-state index contributed by atoms with van der Waals surface area (Å²) in [5.41, 5.74) is 12.9. The van der Waals surface area contributed by atoms with E-state index in [1.54, 1.807) is 18.7 Å². The molecule has 5 rings (SSSR count). The molecule has 186 valence electrons. The number of hydrogen-bond acceptors (Lipinski definition) is 7. The quantitative estimate of drug-likeness (QED) is 0.233. The van der Waals surface area contributed by atoms with Crippen molar-refractivity contribution in [2.24, 2.45) is 0 Å². The van der Waals surface area contributed by atoms with Gasteiger partial charge in [-0.1, -0.05) is 35.9 Å². The van der Waals surface area contributed by atoms with E-state index in [4.69, 9.17) is 17.3 Å². The Hall–Kier alpha value is -4.23. The lowest BCUT2D eigenvalue weighted by Gasteiger charge is -2.15. The van der Waals surface area contributed by atoms with Crippen LogP contribution in [0.25, 0.3) is 10.8 Å². The lowest BCUT2D eigenvalue weighted by molar-refractivity contribution is 1.04. The Morgan fingerprint density at radius 3 is 2.27 bits per heavy atom. The van der Waals surface area contributed by atoms with Crippen LogP contribution >= 0.6 is 11.6 Å². The summed E-state index contributed by atoms with van der Waals surface area (Å²) in [6.45, 7) is 5.52. The number of nitrogens with one attached hydrogen (secondary N) is 2. The maximum Gasteiger partial charge on any atom is 0.131 e. The third-order valence-electron chi connectivity index (χ3n) is 6.53. The average Bonchev–Trinajstić information content (AvgIpc) is 2.90. The van der Waals surface area contributed by atoms with Gasteiger partial charge in [0, 0.05) is 43.4 Å². The molecular formula is C29H28ClN7. The van der Waals surface area contributed by atoms with Crippen molar-refractivity contribution < 1.29 is 0 Å². The van der Waals surface area contributed by atoms with Crippen LogP contribution in [0.3, 0.4) is 0 Å². The van der Waals surface area contributed by atoms with Crippen LogP contribution in [0, 0.1) is 13.8 Å². The Balaban J connectivity index is 1.21. The number of aromatic nitrogens is 4. The van der Waals surface area contributed by atoms with Gasteiger partial charge in [-0.05, 0) is 71.3 Å². The smallest absolute Gasteiger partial charge is 0.131 e. The third kappa shape index (κ3) is 5.62.